The minimum atomic E-state index is -1.47. The van der Waals surface area contributed by atoms with E-state index in [9.17, 15) is 29.1 Å². The van der Waals surface area contributed by atoms with Crippen molar-refractivity contribution in [1.82, 2.24) is 16.0 Å². The first-order chi connectivity index (χ1) is 15.7. The molecule has 0 saturated heterocycles. The summed E-state index contributed by atoms with van der Waals surface area (Å²) in [5.74, 6) is -4.66. The molecule has 0 heterocycles. The van der Waals surface area contributed by atoms with Gasteiger partial charge in [0.1, 0.15) is 18.1 Å². The van der Waals surface area contributed by atoms with E-state index in [0.29, 0.717) is 6.42 Å². The van der Waals surface area contributed by atoms with Crippen LogP contribution in [-0.4, -0.2) is 76.5 Å². The average molecular weight is 488 g/mol. The van der Waals surface area contributed by atoms with Gasteiger partial charge in [0.25, 0.3) is 0 Å². The summed E-state index contributed by atoms with van der Waals surface area (Å²) in [4.78, 5) is 63.4. The van der Waals surface area contributed by atoms with Crippen molar-refractivity contribution in [3.63, 3.8) is 0 Å². The van der Waals surface area contributed by atoms with E-state index in [1.165, 1.54) is 6.92 Å². The molecule has 0 radical (unpaired) electrons. The molecule has 0 aromatic carbocycles. The van der Waals surface area contributed by atoms with Gasteiger partial charge in [0.2, 0.25) is 17.7 Å². The van der Waals surface area contributed by atoms with Crippen molar-refractivity contribution in [3.8, 4) is 0 Å². The molecular formula is C20H37N7O7. The Kier molecular flexibility index (Phi) is 13.9. The predicted octanol–water partition coefficient (Wildman–Crippen LogP) is -2.16. The number of aliphatic carboxylic acids is 2. The third-order valence-electron chi connectivity index (χ3n) is 4.65. The van der Waals surface area contributed by atoms with E-state index in [4.69, 9.17) is 22.3 Å². The largest absolute Gasteiger partial charge is 0.481 e. The number of guanidine groups is 1. The topological polar surface area (TPSA) is 252 Å². The second-order valence-corrected chi connectivity index (χ2v) is 8.31. The first-order valence-corrected chi connectivity index (χ1v) is 10.9. The van der Waals surface area contributed by atoms with Gasteiger partial charge in [-0.05, 0) is 38.5 Å². The van der Waals surface area contributed by atoms with Crippen molar-refractivity contribution < 1.29 is 34.2 Å². The van der Waals surface area contributed by atoms with E-state index < -0.39 is 60.2 Å². The molecule has 14 nitrogen and oxygen atoms in total. The van der Waals surface area contributed by atoms with Crippen LogP contribution in [0.5, 0.6) is 0 Å². The van der Waals surface area contributed by atoms with E-state index in [0.717, 1.165) is 0 Å². The Morgan fingerprint density at radius 1 is 0.853 bits per heavy atom. The summed E-state index contributed by atoms with van der Waals surface area (Å²) in [6.07, 6.45) is -0.0804. The van der Waals surface area contributed by atoms with Gasteiger partial charge in [0.15, 0.2) is 5.96 Å². The van der Waals surface area contributed by atoms with Crippen LogP contribution in [0.3, 0.4) is 0 Å². The minimum absolute atomic E-state index is 0.0488. The number of carboxylic acid groups (broad SMARTS) is 2. The fraction of sp³-hybridized carbons (Fsp3) is 0.700. The lowest BCUT2D eigenvalue weighted by atomic mass is 10.0. The maximum atomic E-state index is 12.7. The zero-order valence-corrected chi connectivity index (χ0v) is 19.7. The molecular weight excluding hydrogens is 450 g/mol. The highest BCUT2D eigenvalue weighted by atomic mass is 16.4. The van der Waals surface area contributed by atoms with Crippen LogP contribution in [0.2, 0.25) is 0 Å². The summed E-state index contributed by atoms with van der Waals surface area (Å²) < 4.78 is 0. The molecule has 11 N–H and O–H groups in total. The predicted molar refractivity (Wildman–Crippen MR) is 123 cm³/mol. The van der Waals surface area contributed by atoms with Gasteiger partial charge in [-0.15, -0.1) is 0 Å². The molecule has 0 fully saturated rings. The monoisotopic (exact) mass is 487 g/mol. The molecule has 0 bridgehead atoms. The van der Waals surface area contributed by atoms with Gasteiger partial charge in [-0.2, -0.15) is 0 Å². The lowest BCUT2D eigenvalue weighted by Gasteiger charge is -2.24. The highest BCUT2D eigenvalue weighted by Gasteiger charge is 2.29. The van der Waals surface area contributed by atoms with Gasteiger partial charge in [-0.1, -0.05) is 13.8 Å². The first-order valence-electron chi connectivity index (χ1n) is 10.9. The molecule has 0 spiro atoms. The normalized spacial score (nSPS) is 14.3. The Morgan fingerprint density at radius 3 is 1.94 bits per heavy atom. The highest BCUT2D eigenvalue weighted by Crippen LogP contribution is 2.05. The van der Waals surface area contributed by atoms with Gasteiger partial charge in [-0.3, -0.25) is 24.2 Å². The number of carbonyl (C=O) groups excluding carboxylic acids is 3. The summed E-state index contributed by atoms with van der Waals surface area (Å²) in [5.41, 5.74) is 16.3. The second kappa shape index (κ2) is 15.4. The van der Waals surface area contributed by atoms with Gasteiger partial charge in [0, 0.05) is 13.0 Å². The quantitative estimate of drug-likeness (QED) is 0.0664. The van der Waals surface area contributed by atoms with Crippen molar-refractivity contribution in [2.45, 2.75) is 77.0 Å². The zero-order valence-electron chi connectivity index (χ0n) is 19.7. The molecule has 0 aliphatic carbocycles. The SMILES string of the molecule is CC(C)CC(N)C(=O)NC(C)C(=O)NC(CCCN=C(N)N)C(=O)NC(CCC(=O)O)C(=O)O. The van der Waals surface area contributed by atoms with E-state index in [1.807, 2.05) is 13.8 Å². The Hall–Kier alpha value is -3.42. The third kappa shape index (κ3) is 13.2. The molecule has 4 unspecified atom stereocenters. The molecule has 0 aliphatic heterocycles. The van der Waals surface area contributed by atoms with Gasteiger partial charge in [-0.25, -0.2) is 4.79 Å². The summed E-state index contributed by atoms with van der Waals surface area (Å²) in [6, 6.07) is -4.48. The molecule has 194 valence electrons. The smallest absolute Gasteiger partial charge is 0.326 e. The number of amides is 3. The number of hydrogen-bond acceptors (Lipinski definition) is 7. The maximum Gasteiger partial charge on any atom is 0.326 e. The van der Waals surface area contributed by atoms with E-state index in [-0.39, 0.29) is 37.7 Å². The zero-order chi connectivity index (χ0) is 26.4. The van der Waals surface area contributed by atoms with Crippen molar-refractivity contribution in [2.75, 3.05) is 6.54 Å². The molecule has 0 rings (SSSR count). The highest BCUT2D eigenvalue weighted by molar-refractivity contribution is 5.94. The van der Waals surface area contributed by atoms with Crippen LogP contribution in [0, 0.1) is 5.92 Å². The van der Waals surface area contributed by atoms with Crippen molar-refractivity contribution >= 4 is 35.6 Å². The van der Waals surface area contributed by atoms with Crippen molar-refractivity contribution in [3.05, 3.63) is 0 Å². The molecule has 34 heavy (non-hydrogen) atoms. The Labute approximate surface area is 198 Å². The molecule has 4 atom stereocenters. The van der Waals surface area contributed by atoms with E-state index >= 15 is 0 Å². The summed E-state index contributed by atoms with van der Waals surface area (Å²) in [6.45, 7) is 5.36. The Bertz CT molecular complexity index is 754. The first kappa shape index (κ1) is 30.6. The van der Waals surface area contributed by atoms with Crippen LogP contribution in [0.4, 0.5) is 0 Å². The van der Waals surface area contributed by atoms with Crippen LogP contribution in [0.15, 0.2) is 4.99 Å². The summed E-state index contributed by atoms with van der Waals surface area (Å²) >= 11 is 0. The number of nitrogens with zero attached hydrogens (tertiary/aromatic N) is 1. The number of aliphatic imine (C=N–C) groups is 1. The number of nitrogens with one attached hydrogen (secondary N) is 3. The third-order valence-corrected chi connectivity index (χ3v) is 4.65. The van der Waals surface area contributed by atoms with E-state index in [1.54, 1.807) is 0 Å². The number of hydrogen-bond donors (Lipinski definition) is 8. The molecule has 3 amide bonds. The minimum Gasteiger partial charge on any atom is -0.481 e. The molecule has 0 aromatic heterocycles. The summed E-state index contributed by atoms with van der Waals surface area (Å²) in [5, 5.41) is 25.2. The Balaban J connectivity index is 5.27. The van der Waals surface area contributed by atoms with Crippen molar-refractivity contribution in [2.24, 2.45) is 28.1 Å². The lowest BCUT2D eigenvalue weighted by Crippen LogP contribution is -2.56. The Morgan fingerprint density at radius 2 is 1.44 bits per heavy atom. The fourth-order valence-electron chi connectivity index (χ4n) is 2.87. The number of rotatable bonds is 16. The van der Waals surface area contributed by atoms with Crippen LogP contribution in [0.1, 0.15) is 52.9 Å². The van der Waals surface area contributed by atoms with E-state index in [2.05, 4.69) is 20.9 Å². The number of carboxylic acids is 2. The van der Waals surface area contributed by atoms with Gasteiger partial charge in [0.05, 0.1) is 6.04 Å². The van der Waals surface area contributed by atoms with Gasteiger partial charge >= 0.3 is 11.9 Å². The molecule has 14 heteroatoms. The number of nitrogens with two attached hydrogens (primary N) is 3. The van der Waals surface area contributed by atoms with Gasteiger partial charge < -0.3 is 43.4 Å². The average Bonchev–Trinajstić information content (AvgIpc) is 2.71. The molecule has 0 aromatic rings. The fourth-order valence-corrected chi connectivity index (χ4v) is 2.87. The summed E-state index contributed by atoms with van der Waals surface area (Å²) in [7, 11) is 0. The maximum absolute atomic E-state index is 12.7. The lowest BCUT2D eigenvalue weighted by molar-refractivity contribution is -0.143. The molecule has 0 aliphatic rings. The van der Waals surface area contributed by atoms with Crippen LogP contribution in [0.25, 0.3) is 0 Å². The van der Waals surface area contributed by atoms with Crippen LogP contribution in [-0.2, 0) is 24.0 Å². The van der Waals surface area contributed by atoms with Crippen LogP contribution >= 0.6 is 0 Å². The van der Waals surface area contributed by atoms with Crippen molar-refractivity contribution in [1.29, 1.82) is 0 Å². The standard InChI is InChI=1S/C20H37N7O7/c1-10(2)9-12(21)17(31)25-11(3)16(30)26-13(5-4-8-24-20(22)23)18(32)27-14(19(33)34)6-7-15(28)29/h10-14H,4-9,21H2,1-3H3,(H,25,31)(H,26,30)(H,27,32)(H,28,29)(H,33,34)(H4,22,23,24). The second-order valence-electron chi connectivity index (χ2n) is 8.31. The van der Waals surface area contributed by atoms with Crippen LogP contribution < -0.4 is 33.2 Å². The number of carbonyl (C=O) groups is 5. The molecule has 0 saturated carbocycles.